The fourth-order valence-corrected chi connectivity index (χ4v) is 2.76. The van der Waals surface area contributed by atoms with Gasteiger partial charge in [-0.1, -0.05) is 29.2 Å². The summed E-state index contributed by atoms with van der Waals surface area (Å²) < 4.78 is 6.56. The Kier molecular flexibility index (Phi) is 5.00. The van der Waals surface area contributed by atoms with Crippen LogP contribution in [0.1, 0.15) is 12.0 Å². The van der Waals surface area contributed by atoms with Crippen LogP contribution in [0.15, 0.2) is 34.1 Å². The molecule has 0 amide bonds. The Labute approximate surface area is 114 Å². The highest BCUT2D eigenvalue weighted by Gasteiger charge is 1.99. The molecule has 0 N–H and O–H groups in total. The molecule has 0 saturated heterocycles. The van der Waals surface area contributed by atoms with E-state index in [0.717, 1.165) is 22.3 Å². The van der Waals surface area contributed by atoms with Crippen LogP contribution in [-0.2, 0) is 0 Å². The van der Waals surface area contributed by atoms with E-state index in [9.17, 15) is 0 Å². The molecule has 0 spiro atoms. The number of ether oxygens (including phenoxy) is 1. The summed E-state index contributed by atoms with van der Waals surface area (Å²) in [5.41, 5.74) is 2.35. The van der Waals surface area contributed by atoms with Crippen molar-refractivity contribution in [2.45, 2.75) is 10.8 Å². The van der Waals surface area contributed by atoms with Gasteiger partial charge in [0.2, 0.25) is 0 Å². The van der Waals surface area contributed by atoms with Crippen LogP contribution in [0.2, 0.25) is 0 Å². The molecule has 1 heterocycles. The number of rotatable bonds is 6. The average molecular weight is 277 g/mol. The topological polar surface area (TPSA) is 58.8 Å². The number of nitriles is 1. The van der Waals surface area contributed by atoms with E-state index >= 15 is 0 Å². The summed E-state index contributed by atoms with van der Waals surface area (Å²) in [4.78, 5) is 0. The number of aromatic nitrogens is 2. The smallest absolute Gasteiger partial charge is 0.174 e. The number of benzene rings is 1. The Morgan fingerprint density at radius 3 is 3.17 bits per heavy atom. The number of nitrogens with zero attached hydrogens (tertiary/aromatic N) is 3. The van der Waals surface area contributed by atoms with E-state index in [4.69, 9.17) is 10.00 Å². The van der Waals surface area contributed by atoms with Crippen molar-refractivity contribution < 1.29 is 4.74 Å². The molecule has 0 radical (unpaired) electrons. The first-order valence-corrected chi connectivity index (χ1v) is 7.27. The van der Waals surface area contributed by atoms with Crippen molar-refractivity contribution in [2.75, 3.05) is 12.4 Å². The number of thioether (sulfide) groups is 1. The SMILES string of the molecule is N#Cc1cccc(OCCCSc2nncs2)c1. The zero-order chi connectivity index (χ0) is 12.6. The predicted molar refractivity (Wildman–Crippen MR) is 71.9 cm³/mol. The van der Waals surface area contributed by atoms with Gasteiger partial charge < -0.3 is 4.74 Å². The minimum atomic E-state index is 0.621. The Balaban J connectivity index is 1.67. The van der Waals surface area contributed by atoms with E-state index in [1.165, 1.54) is 0 Å². The van der Waals surface area contributed by atoms with Crippen molar-refractivity contribution in [1.82, 2.24) is 10.2 Å². The molecule has 0 atom stereocenters. The summed E-state index contributed by atoms with van der Waals surface area (Å²) in [6, 6.07) is 9.28. The third kappa shape index (κ3) is 4.02. The van der Waals surface area contributed by atoms with Gasteiger partial charge in [0.05, 0.1) is 18.2 Å². The van der Waals surface area contributed by atoms with E-state index in [2.05, 4.69) is 16.3 Å². The van der Waals surface area contributed by atoms with Gasteiger partial charge in [0.1, 0.15) is 11.3 Å². The van der Waals surface area contributed by atoms with Crippen LogP contribution >= 0.6 is 23.1 Å². The summed E-state index contributed by atoms with van der Waals surface area (Å²) in [6.45, 7) is 0.640. The van der Waals surface area contributed by atoms with Gasteiger partial charge >= 0.3 is 0 Å². The second kappa shape index (κ2) is 6.99. The summed E-state index contributed by atoms with van der Waals surface area (Å²) in [6.07, 6.45) is 0.932. The molecule has 0 unspecified atom stereocenters. The molecular weight excluding hydrogens is 266 g/mol. The van der Waals surface area contributed by atoms with Crippen molar-refractivity contribution in [3.05, 3.63) is 35.3 Å². The van der Waals surface area contributed by atoms with Gasteiger partial charge in [-0.2, -0.15) is 5.26 Å². The molecule has 0 aliphatic rings. The molecule has 2 aromatic rings. The standard InChI is InChI=1S/C12H11N3OS2/c13-8-10-3-1-4-11(7-10)16-5-2-6-17-12-15-14-9-18-12/h1,3-4,7,9H,2,5-6H2. The molecular formula is C12H11N3OS2. The molecule has 0 aliphatic heterocycles. The van der Waals surface area contributed by atoms with Crippen molar-refractivity contribution in [1.29, 1.82) is 5.26 Å². The average Bonchev–Trinajstić information content (AvgIpc) is 2.92. The lowest BCUT2D eigenvalue weighted by molar-refractivity contribution is 0.318. The van der Waals surface area contributed by atoms with Gasteiger partial charge in [-0.05, 0) is 24.6 Å². The molecule has 92 valence electrons. The molecule has 4 nitrogen and oxygen atoms in total. The van der Waals surface area contributed by atoms with E-state index in [1.54, 1.807) is 40.7 Å². The largest absolute Gasteiger partial charge is 0.494 e. The molecule has 18 heavy (non-hydrogen) atoms. The fraction of sp³-hybridized carbons (Fsp3) is 0.250. The van der Waals surface area contributed by atoms with E-state index < -0.39 is 0 Å². The van der Waals surface area contributed by atoms with Crippen LogP contribution in [0.3, 0.4) is 0 Å². The lowest BCUT2D eigenvalue weighted by Gasteiger charge is -2.05. The molecule has 0 aliphatic carbocycles. The molecule has 0 fully saturated rings. The van der Waals surface area contributed by atoms with Crippen molar-refractivity contribution >= 4 is 23.1 Å². The molecule has 0 bridgehead atoms. The van der Waals surface area contributed by atoms with Gasteiger partial charge in [0.15, 0.2) is 4.34 Å². The van der Waals surface area contributed by atoms with Gasteiger partial charge in [0, 0.05) is 5.75 Å². The van der Waals surface area contributed by atoms with Crippen LogP contribution in [0.25, 0.3) is 0 Å². The third-order valence-corrected chi connectivity index (χ3v) is 4.03. The molecule has 2 rings (SSSR count). The molecule has 0 saturated carbocycles. The van der Waals surface area contributed by atoms with Crippen LogP contribution in [0, 0.1) is 11.3 Å². The van der Waals surface area contributed by atoms with Crippen LogP contribution in [0.4, 0.5) is 0 Å². The Hall–Kier alpha value is -1.58. The molecule has 1 aromatic carbocycles. The third-order valence-electron chi connectivity index (χ3n) is 2.09. The number of hydrogen-bond acceptors (Lipinski definition) is 6. The van der Waals surface area contributed by atoms with Gasteiger partial charge in [-0.15, -0.1) is 10.2 Å². The first-order chi connectivity index (χ1) is 8.88. The Morgan fingerprint density at radius 1 is 1.44 bits per heavy atom. The molecule has 6 heteroatoms. The second-order valence-corrected chi connectivity index (χ2v) is 5.57. The predicted octanol–water partition coefficient (Wildman–Crippen LogP) is 2.97. The zero-order valence-corrected chi connectivity index (χ0v) is 11.2. The van der Waals surface area contributed by atoms with Crippen LogP contribution < -0.4 is 4.74 Å². The van der Waals surface area contributed by atoms with Crippen molar-refractivity contribution in [3.8, 4) is 11.8 Å². The maximum absolute atomic E-state index is 8.76. The fourth-order valence-electron chi connectivity index (χ4n) is 1.29. The second-order valence-electron chi connectivity index (χ2n) is 3.39. The van der Waals surface area contributed by atoms with E-state index in [-0.39, 0.29) is 0 Å². The van der Waals surface area contributed by atoms with Crippen LogP contribution in [0.5, 0.6) is 5.75 Å². The lowest BCUT2D eigenvalue weighted by atomic mass is 10.2. The quantitative estimate of drug-likeness (QED) is 0.600. The van der Waals surface area contributed by atoms with Gasteiger partial charge in [-0.3, -0.25) is 0 Å². The minimum Gasteiger partial charge on any atom is -0.494 e. The number of hydrogen-bond donors (Lipinski definition) is 0. The first-order valence-electron chi connectivity index (χ1n) is 5.40. The normalized spacial score (nSPS) is 9.94. The highest BCUT2D eigenvalue weighted by atomic mass is 32.2. The minimum absolute atomic E-state index is 0.621. The van der Waals surface area contributed by atoms with Gasteiger partial charge in [0.25, 0.3) is 0 Å². The Bertz CT molecular complexity index is 522. The monoisotopic (exact) mass is 277 g/mol. The lowest BCUT2D eigenvalue weighted by Crippen LogP contribution is -1.98. The maximum Gasteiger partial charge on any atom is 0.174 e. The summed E-state index contributed by atoms with van der Waals surface area (Å²) in [7, 11) is 0. The van der Waals surface area contributed by atoms with Crippen LogP contribution in [-0.4, -0.2) is 22.6 Å². The highest BCUT2D eigenvalue weighted by molar-refractivity contribution is 8.00. The van der Waals surface area contributed by atoms with E-state index in [1.807, 2.05) is 12.1 Å². The zero-order valence-electron chi connectivity index (χ0n) is 9.57. The highest BCUT2D eigenvalue weighted by Crippen LogP contribution is 2.19. The summed E-state index contributed by atoms with van der Waals surface area (Å²) in [5, 5.41) is 16.5. The Morgan fingerprint density at radius 2 is 2.39 bits per heavy atom. The summed E-state index contributed by atoms with van der Waals surface area (Å²) in [5.74, 6) is 1.70. The molecule has 1 aromatic heterocycles. The van der Waals surface area contributed by atoms with Crippen molar-refractivity contribution in [2.24, 2.45) is 0 Å². The van der Waals surface area contributed by atoms with Gasteiger partial charge in [-0.25, -0.2) is 0 Å². The van der Waals surface area contributed by atoms with E-state index in [0.29, 0.717) is 12.2 Å². The van der Waals surface area contributed by atoms with Crippen molar-refractivity contribution in [3.63, 3.8) is 0 Å². The maximum atomic E-state index is 8.76. The first kappa shape index (κ1) is 12.9. The summed E-state index contributed by atoms with van der Waals surface area (Å²) >= 11 is 3.23.